The topological polar surface area (TPSA) is 43.6 Å². The summed E-state index contributed by atoms with van der Waals surface area (Å²) in [5, 5.41) is 13.2. The Bertz CT molecular complexity index is 566. The average molecular weight is 353 g/mol. The largest absolute Gasteiger partial charge is 0.217 e. The number of hydrogen-bond acceptors (Lipinski definition) is 4. The second-order valence-corrected chi connectivity index (χ2v) is 6.87. The maximum absolute atomic E-state index is 4.20. The number of hydrogen-bond donors (Lipinski definition) is 0. The molecule has 1 aliphatic carbocycles. The van der Waals surface area contributed by atoms with Gasteiger partial charge in [-0.05, 0) is 34.9 Å². The normalized spacial score (nSPS) is 16.4. The van der Waals surface area contributed by atoms with Crippen molar-refractivity contribution in [1.29, 1.82) is 0 Å². The molecule has 0 saturated heterocycles. The standard InChI is InChI=1S/C14H17BrN4S/c15-13-9-5-4-6-11(13)10-20-14-16-17-18-19(14)12-7-2-1-3-8-12/h4-6,9,12H,1-3,7-8,10H2. The van der Waals surface area contributed by atoms with Gasteiger partial charge in [0.25, 0.3) is 0 Å². The number of tetrazole rings is 1. The number of thioether (sulfide) groups is 1. The third kappa shape index (κ3) is 3.23. The smallest absolute Gasteiger partial charge is 0.209 e. The highest BCUT2D eigenvalue weighted by molar-refractivity contribution is 9.10. The maximum Gasteiger partial charge on any atom is 0.209 e. The first-order chi connectivity index (χ1) is 9.84. The van der Waals surface area contributed by atoms with Crippen LogP contribution in [0.1, 0.15) is 43.7 Å². The Kier molecular flexibility index (Phi) is 4.73. The van der Waals surface area contributed by atoms with Crippen molar-refractivity contribution in [2.75, 3.05) is 0 Å². The van der Waals surface area contributed by atoms with Crippen LogP contribution in [0.5, 0.6) is 0 Å². The molecule has 1 heterocycles. The molecule has 20 heavy (non-hydrogen) atoms. The molecule has 0 N–H and O–H groups in total. The van der Waals surface area contributed by atoms with Crippen LogP contribution in [-0.2, 0) is 5.75 Å². The summed E-state index contributed by atoms with van der Waals surface area (Å²) in [5.74, 6) is 0.883. The van der Waals surface area contributed by atoms with Crippen molar-refractivity contribution in [1.82, 2.24) is 20.2 Å². The van der Waals surface area contributed by atoms with Gasteiger partial charge in [0.15, 0.2) is 0 Å². The number of nitrogens with zero attached hydrogens (tertiary/aromatic N) is 4. The lowest BCUT2D eigenvalue weighted by Gasteiger charge is -2.22. The van der Waals surface area contributed by atoms with Gasteiger partial charge in [0.1, 0.15) is 0 Å². The SMILES string of the molecule is Brc1ccccc1CSc1nnnn1C1CCCCC1. The predicted molar refractivity (Wildman–Crippen MR) is 83.6 cm³/mol. The Hall–Kier alpha value is -0.880. The summed E-state index contributed by atoms with van der Waals surface area (Å²) in [6, 6.07) is 8.78. The Morgan fingerprint density at radius 1 is 1.20 bits per heavy atom. The van der Waals surface area contributed by atoms with Crippen LogP contribution >= 0.6 is 27.7 Å². The van der Waals surface area contributed by atoms with Gasteiger partial charge in [-0.2, -0.15) is 0 Å². The molecule has 0 amide bonds. The molecule has 1 aromatic heterocycles. The molecule has 0 unspecified atom stereocenters. The van der Waals surface area contributed by atoms with E-state index >= 15 is 0 Å². The van der Waals surface area contributed by atoms with Gasteiger partial charge >= 0.3 is 0 Å². The fourth-order valence-corrected chi connectivity index (χ4v) is 4.15. The van der Waals surface area contributed by atoms with E-state index in [2.05, 4.69) is 49.7 Å². The van der Waals surface area contributed by atoms with Crippen molar-refractivity contribution >= 4 is 27.7 Å². The number of halogens is 1. The minimum atomic E-state index is 0.487. The highest BCUT2D eigenvalue weighted by Crippen LogP contribution is 2.31. The Balaban J connectivity index is 1.69. The molecule has 6 heteroatoms. The van der Waals surface area contributed by atoms with Gasteiger partial charge in [0.05, 0.1) is 6.04 Å². The van der Waals surface area contributed by atoms with Crippen LogP contribution in [0, 0.1) is 0 Å². The van der Waals surface area contributed by atoms with Crippen LogP contribution in [0.2, 0.25) is 0 Å². The van der Waals surface area contributed by atoms with Gasteiger partial charge in [0, 0.05) is 10.2 Å². The lowest BCUT2D eigenvalue weighted by Crippen LogP contribution is -2.15. The second-order valence-electron chi connectivity index (χ2n) is 5.08. The molecule has 4 nitrogen and oxygen atoms in total. The molecule has 3 rings (SSSR count). The minimum absolute atomic E-state index is 0.487. The third-order valence-corrected chi connectivity index (χ3v) is 5.45. The minimum Gasteiger partial charge on any atom is -0.217 e. The van der Waals surface area contributed by atoms with Crippen LogP contribution < -0.4 is 0 Å². The average Bonchev–Trinajstić information content (AvgIpc) is 2.96. The van der Waals surface area contributed by atoms with E-state index in [1.165, 1.54) is 37.7 Å². The lowest BCUT2D eigenvalue weighted by atomic mass is 9.96. The van der Waals surface area contributed by atoms with E-state index in [4.69, 9.17) is 0 Å². The van der Waals surface area contributed by atoms with E-state index in [0.29, 0.717) is 6.04 Å². The monoisotopic (exact) mass is 352 g/mol. The molecular weight excluding hydrogens is 336 g/mol. The van der Waals surface area contributed by atoms with Crippen molar-refractivity contribution < 1.29 is 0 Å². The van der Waals surface area contributed by atoms with E-state index in [-0.39, 0.29) is 0 Å². The first kappa shape index (κ1) is 14.1. The first-order valence-electron chi connectivity index (χ1n) is 6.98. The summed E-state index contributed by atoms with van der Waals surface area (Å²) in [5.41, 5.74) is 1.27. The summed E-state index contributed by atoms with van der Waals surface area (Å²) >= 11 is 5.30. The molecule has 2 aromatic rings. The zero-order chi connectivity index (χ0) is 13.8. The van der Waals surface area contributed by atoms with Crippen molar-refractivity contribution in [2.45, 2.75) is 49.1 Å². The van der Waals surface area contributed by atoms with Crippen LogP contribution in [0.15, 0.2) is 33.9 Å². The Morgan fingerprint density at radius 2 is 2.00 bits per heavy atom. The Morgan fingerprint density at radius 3 is 2.80 bits per heavy atom. The predicted octanol–water partition coefficient (Wildman–Crippen LogP) is 4.23. The van der Waals surface area contributed by atoms with E-state index in [1.807, 2.05) is 10.7 Å². The van der Waals surface area contributed by atoms with E-state index < -0.39 is 0 Å². The fourth-order valence-electron chi connectivity index (χ4n) is 2.59. The van der Waals surface area contributed by atoms with E-state index in [9.17, 15) is 0 Å². The van der Waals surface area contributed by atoms with E-state index in [1.54, 1.807) is 11.8 Å². The van der Waals surface area contributed by atoms with Crippen LogP contribution in [0.25, 0.3) is 0 Å². The molecule has 1 aliphatic rings. The third-order valence-electron chi connectivity index (χ3n) is 3.70. The Labute approximate surface area is 131 Å². The highest BCUT2D eigenvalue weighted by Gasteiger charge is 2.20. The van der Waals surface area contributed by atoms with Crippen molar-refractivity contribution in [3.63, 3.8) is 0 Å². The molecule has 106 valence electrons. The van der Waals surface area contributed by atoms with Crippen LogP contribution in [-0.4, -0.2) is 20.2 Å². The molecule has 1 fully saturated rings. The quantitative estimate of drug-likeness (QED) is 0.772. The zero-order valence-electron chi connectivity index (χ0n) is 11.2. The number of benzene rings is 1. The lowest BCUT2D eigenvalue weighted by molar-refractivity contribution is 0.307. The van der Waals surface area contributed by atoms with Crippen LogP contribution in [0.3, 0.4) is 0 Å². The summed E-state index contributed by atoms with van der Waals surface area (Å²) in [7, 11) is 0. The molecule has 0 spiro atoms. The highest BCUT2D eigenvalue weighted by atomic mass is 79.9. The summed E-state index contributed by atoms with van der Waals surface area (Å²) in [4.78, 5) is 0. The molecule has 1 aromatic carbocycles. The van der Waals surface area contributed by atoms with Gasteiger partial charge in [-0.25, -0.2) is 4.68 Å². The molecule has 1 saturated carbocycles. The fraction of sp³-hybridized carbons (Fsp3) is 0.500. The van der Waals surface area contributed by atoms with Gasteiger partial charge in [-0.3, -0.25) is 0 Å². The molecule has 0 aliphatic heterocycles. The molecular formula is C14H17BrN4S. The van der Waals surface area contributed by atoms with Gasteiger partial charge in [-0.15, -0.1) is 5.10 Å². The zero-order valence-corrected chi connectivity index (χ0v) is 13.6. The van der Waals surface area contributed by atoms with Gasteiger partial charge in [-0.1, -0.05) is 65.2 Å². The van der Waals surface area contributed by atoms with Crippen LogP contribution in [0.4, 0.5) is 0 Å². The second kappa shape index (κ2) is 6.72. The number of aromatic nitrogens is 4. The van der Waals surface area contributed by atoms with Crippen molar-refractivity contribution in [3.8, 4) is 0 Å². The first-order valence-corrected chi connectivity index (χ1v) is 8.76. The van der Waals surface area contributed by atoms with Gasteiger partial charge in [0.2, 0.25) is 5.16 Å². The summed E-state index contributed by atoms with van der Waals surface area (Å²) < 4.78 is 3.17. The number of rotatable bonds is 4. The summed E-state index contributed by atoms with van der Waals surface area (Å²) in [6.07, 6.45) is 6.33. The van der Waals surface area contributed by atoms with Crippen molar-refractivity contribution in [3.05, 3.63) is 34.3 Å². The molecule has 0 atom stereocenters. The van der Waals surface area contributed by atoms with Crippen molar-refractivity contribution in [2.24, 2.45) is 0 Å². The van der Waals surface area contributed by atoms with Gasteiger partial charge < -0.3 is 0 Å². The molecule has 0 bridgehead atoms. The van der Waals surface area contributed by atoms with E-state index in [0.717, 1.165) is 15.4 Å². The molecule has 0 radical (unpaired) electrons. The maximum atomic E-state index is 4.20. The summed E-state index contributed by atoms with van der Waals surface area (Å²) in [6.45, 7) is 0.